The highest BCUT2D eigenvalue weighted by atomic mass is 16.3. The minimum atomic E-state index is -0.338. The molecule has 16 heavy (non-hydrogen) atoms. The van der Waals surface area contributed by atoms with Gasteiger partial charge in [-0.1, -0.05) is 6.07 Å². The first-order valence-electron chi connectivity index (χ1n) is 5.27. The van der Waals surface area contributed by atoms with Crippen LogP contribution in [0.25, 0.3) is 0 Å². The molecule has 0 aromatic carbocycles. The van der Waals surface area contributed by atoms with Gasteiger partial charge in [-0.3, -0.25) is 0 Å². The van der Waals surface area contributed by atoms with Gasteiger partial charge in [0.25, 0.3) is 0 Å². The van der Waals surface area contributed by atoms with Crippen LogP contribution in [0.1, 0.15) is 13.8 Å². The van der Waals surface area contributed by atoms with Gasteiger partial charge in [-0.05, 0) is 26.0 Å². The number of aromatic nitrogens is 1. The molecule has 1 heterocycles. The molecule has 1 aromatic rings. The summed E-state index contributed by atoms with van der Waals surface area (Å²) in [5, 5.41) is 20.1. The highest BCUT2D eigenvalue weighted by Gasteiger charge is 1.94. The summed E-state index contributed by atoms with van der Waals surface area (Å²) in [5.74, 6) is 0.799. The average molecular weight is 227 g/mol. The molecular formula is C11H21N3O2. The number of aliphatic hydroxyl groups excluding tert-OH is 2. The first-order valence-corrected chi connectivity index (χ1v) is 5.27. The van der Waals surface area contributed by atoms with Gasteiger partial charge in [0.05, 0.1) is 12.2 Å². The van der Waals surface area contributed by atoms with E-state index in [9.17, 15) is 0 Å². The molecule has 92 valence electrons. The van der Waals surface area contributed by atoms with Gasteiger partial charge in [-0.15, -0.1) is 0 Å². The SMILES string of the molecule is C[C@H](O)CN.C[C@H](O)CNc1ccccn1. The molecule has 5 heteroatoms. The molecule has 2 atom stereocenters. The van der Waals surface area contributed by atoms with Crippen LogP contribution < -0.4 is 11.1 Å². The topological polar surface area (TPSA) is 91.4 Å². The van der Waals surface area contributed by atoms with Crippen molar-refractivity contribution in [2.24, 2.45) is 5.73 Å². The average Bonchev–Trinajstić information content (AvgIpc) is 2.28. The molecule has 5 nitrogen and oxygen atoms in total. The Balaban J connectivity index is 0.000000385. The maximum atomic E-state index is 8.92. The Morgan fingerprint density at radius 3 is 2.31 bits per heavy atom. The first-order chi connectivity index (χ1) is 7.56. The van der Waals surface area contributed by atoms with Crippen LogP contribution in [0.5, 0.6) is 0 Å². The normalized spacial score (nSPS) is 13.3. The van der Waals surface area contributed by atoms with Gasteiger partial charge >= 0.3 is 0 Å². The summed E-state index contributed by atoms with van der Waals surface area (Å²) >= 11 is 0. The maximum Gasteiger partial charge on any atom is 0.125 e. The number of nitrogens with zero attached hydrogens (tertiary/aromatic N) is 1. The van der Waals surface area contributed by atoms with Crippen LogP contribution in [0.4, 0.5) is 5.82 Å². The molecule has 0 aliphatic carbocycles. The van der Waals surface area contributed by atoms with Crippen molar-refractivity contribution in [2.75, 3.05) is 18.4 Å². The first kappa shape index (κ1) is 14.8. The zero-order valence-electron chi connectivity index (χ0n) is 9.80. The number of pyridine rings is 1. The highest BCUT2D eigenvalue weighted by Crippen LogP contribution is 1.98. The number of nitrogens with one attached hydrogen (secondary N) is 1. The number of hydrogen-bond donors (Lipinski definition) is 4. The minimum absolute atomic E-state index is 0.336. The van der Waals surface area contributed by atoms with Crippen LogP contribution in [0, 0.1) is 0 Å². The molecule has 0 fully saturated rings. The monoisotopic (exact) mass is 227 g/mol. The molecule has 1 rings (SSSR count). The molecule has 0 radical (unpaired) electrons. The van der Waals surface area contributed by atoms with Crippen LogP contribution in [0.2, 0.25) is 0 Å². The summed E-state index contributed by atoms with van der Waals surface area (Å²) in [4.78, 5) is 4.03. The van der Waals surface area contributed by atoms with Gasteiger partial charge in [0, 0.05) is 19.3 Å². The van der Waals surface area contributed by atoms with Crippen molar-refractivity contribution < 1.29 is 10.2 Å². The summed E-state index contributed by atoms with van der Waals surface area (Å²) in [6, 6.07) is 5.62. The lowest BCUT2D eigenvalue weighted by Gasteiger charge is -2.05. The summed E-state index contributed by atoms with van der Waals surface area (Å²) in [6.45, 7) is 4.28. The van der Waals surface area contributed by atoms with E-state index in [-0.39, 0.29) is 12.2 Å². The van der Waals surface area contributed by atoms with Crippen LogP contribution in [-0.2, 0) is 0 Å². The van der Waals surface area contributed by atoms with Gasteiger partial charge in [-0.25, -0.2) is 4.98 Å². The molecule has 5 N–H and O–H groups in total. The van der Waals surface area contributed by atoms with Crippen molar-refractivity contribution in [3.05, 3.63) is 24.4 Å². The van der Waals surface area contributed by atoms with Gasteiger partial charge in [0.1, 0.15) is 5.82 Å². The number of aliphatic hydroxyl groups is 2. The van der Waals surface area contributed by atoms with Crippen LogP contribution in [-0.4, -0.2) is 40.5 Å². The number of anilines is 1. The Kier molecular flexibility index (Phi) is 8.42. The van der Waals surface area contributed by atoms with E-state index in [1.165, 1.54) is 0 Å². The van der Waals surface area contributed by atoms with E-state index in [4.69, 9.17) is 15.9 Å². The van der Waals surface area contributed by atoms with Gasteiger partial charge in [0.15, 0.2) is 0 Å². The smallest absolute Gasteiger partial charge is 0.125 e. The van der Waals surface area contributed by atoms with Crippen molar-refractivity contribution in [3.8, 4) is 0 Å². The Morgan fingerprint density at radius 1 is 1.31 bits per heavy atom. The second-order valence-corrected chi connectivity index (χ2v) is 3.53. The summed E-state index contributed by atoms with van der Waals surface area (Å²) < 4.78 is 0. The van der Waals surface area contributed by atoms with Gasteiger partial charge < -0.3 is 21.3 Å². The molecule has 1 aromatic heterocycles. The zero-order chi connectivity index (χ0) is 12.4. The number of hydrogen-bond acceptors (Lipinski definition) is 5. The van der Waals surface area contributed by atoms with Crippen molar-refractivity contribution in [3.63, 3.8) is 0 Å². The third-order valence-corrected chi connectivity index (χ3v) is 1.58. The second kappa shape index (κ2) is 9.08. The molecule has 0 aliphatic rings. The Morgan fingerprint density at radius 2 is 1.94 bits per heavy atom. The van der Waals surface area contributed by atoms with E-state index in [1.807, 2.05) is 18.2 Å². The molecule has 0 spiro atoms. The Labute approximate surface area is 96.3 Å². The lowest BCUT2D eigenvalue weighted by Crippen LogP contribution is -2.15. The molecule has 0 unspecified atom stereocenters. The van der Waals surface area contributed by atoms with Crippen LogP contribution in [0.3, 0.4) is 0 Å². The van der Waals surface area contributed by atoms with Gasteiger partial charge in [-0.2, -0.15) is 0 Å². The lowest BCUT2D eigenvalue weighted by atomic mass is 10.4. The van der Waals surface area contributed by atoms with E-state index in [2.05, 4.69) is 10.3 Å². The Hall–Kier alpha value is -1.17. The van der Waals surface area contributed by atoms with Crippen LogP contribution in [0.15, 0.2) is 24.4 Å². The standard InChI is InChI=1S/C8H12N2O.C3H9NO/c1-7(11)6-10-8-4-2-3-5-9-8;1-3(5)2-4/h2-5,7,11H,6H2,1H3,(H,9,10);3,5H,2,4H2,1H3/t7-;3-/m00/s1. The second-order valence-electron chi connectivity index (χ2n) is 3.53. The van der Waals surface area contributed by atoms with Crippen molar-refractivity contribution >= 4 is 5.82 Å². The van der Waals surface area contributed by atoms with Crippen molar-refractivity contribution in [1.82, 2.24) is 4.98 Å². The number of rotatable bonds is 4. The highest BCUT2D eigenvalue weighted by molar-refractivity contribution is 5.32. The lowest BCUT2D eigenvalue weighted by molar-refractivity contribution is 0.203. The summed E-state index contributed by atoms with van der Waals surface area (Å²) in [7, 11) is 0. The zero-order valence-corrected chi connectivity index (χ0v) is 9.80. The third-order valence-electron chi connectivity index (χ3n) is 1.58. The quantitative estimate of drug-likeness (QED) is 0.590. The molecule has 0 bridgehead atoms. The molecule has 0 saturated heterocycles. The predicted octanol–water partition coefficient (Wildman–Crippen LogP) is 0.200. The van der Waals surface area contributed by atoms with E-state index < -0.39 is 0 Å². The summed E-state index contributed by atoms with van der Waals surface area (Å²) in [5.41, 5.74) is 4.92. The maximum absolute atomic E-state index is 8.92. The van der Waals surface area contributed by atoms with E-state index in [1.54, 1.807) is 20.0 Å². The fourth-order valence-electron chi connectivity index (χ4n) is 0.720. The largest absolute Gasteiger partial charge is 0.392 e. The molecule has 0 saturated carbocycles. The minimum Gasteiger partial charge on any atom is -0.392 e. The Bertz CT molecular complexity index is 253. The third kappa shape index (κ3) is 9.39. The van der Waals surface area contributed by atoms with Crippen LogP contribution >= 0.6 is 0 Å². The predicted molar refractivity (Wildman–Crippen MR) is 65.1 cm³/mol. The van der Waals surface area contributed by atoms with E-state index >= 15 is 0 Å². The fraction of sp³-hybridized carbons (Fsp3) is 0.545. The van der Waals surface area contributed by atoms with Gasteiger partial charge in [0.2, 0.25) is 0 Å². The number of nitrogens with two attached hydrogens (primary N) is 1. The summed E-state index contributed by atoms with van der Waals surface area (Å²) in [6.07, 6.45) is 1.04. The molecule has 0 aliphatic heterocycles. The molecular weight excluding hydrogens is 206 g/mol. The fourth-order valence-corrected chi connectivity index (χ4v) is 0.720. The van der Waals surface area contributed by atoms with E-state index in [0.717, 1.165) is 5.82 Å². The molecule has 0 amide bonds. The van der Waals surface area contributed by atoms with E-state index in [0.29, 0.717) is 13.1 Å². The van der Waals surface area contributed by atoms with Crippen molar-refractivity contribution in [2.45, 2.75) is 26.1 Å². The van der Waals surface area contributed by atoms with Crippen molar-refractivity contribution in [1.29, 1.82) is 0 Å².